The molecule has 1 aromatic heterocycles. The summed E-state index contributed by atoms with van der Waals surface area (Å²) in [5.41, 5.74) is 4.83. The number of aliphatic hydroxyl groups excluding tert-OH is 1. The molecule has 1 heterocycles. The van der Waals surface area contributed by atoms with Crippen LogP contribution in [0.25, 0.3) is 16.8 Å². The first kappa shape index (κ1) is 14.1. The van der Waals surface area contributed by atoms with Gasteiger partial charge in [0.2, 0.25) is 0 Å². The third-order valence-electron chi connectivity index (χ3n) is 3.60. The van der Waals surface area contributed by atoms with E-state index in [0.717, 1.165) is 22.4 Å². The standard InChI is InChI=1S/C18H15N3O/c19-12-14-1-3-15(4-2-14)18-6-5-17(11-16(18)7-10-22)21-9-8-20-13-21/h1-6,8-9,11,13,22H,7,10H2. The van der Waals surface area contributed by atoms with Crippen LogP contribution in [0, 0.1) is 11.3 Å². The van der Waals surface area contributed by atoms with E-state index in [1.807, 2.05) is 47.2 Å². The Morgan fingerprint density at radius 2 is 1.95 bits per heavy atom. The minimum atomic E-state index is 0.0939. The quantitative estimate of drug-likeness (QED) is 0.803. The van der Waals surface area contributed by atoms with Crippen LogP contribution in [0.1, 0.15) is 11.1 Å². The summed E-state index contributed by atoms with van der Waals surface area (Å²) in [5.74, 6) is 0. The van der Waals surface area contributed by atoms with E-state index in [1.54, 1.807) is 12.5 Å². The smallest absolute Gasteiger partial charge is 0.0991 e. The van der Waals surface area contributed by atoms with E-state index in [2.05, 4.69) is 17.1 Å². The van der Waals surface area contributed by atoms with E-state index >= 15 is 0 Å². The molecule has 0 atom stereocenters. The fraction of sp³-hybridized carbons (Fsp3) is 0.111. The maximum Gasteiger partial charge on any atom is 0.0991 e. The van der Waals surface area contributed by atoms with Gasteiger partial charge in [-0.3, -0.25) is 0 Å². The van der Waals surface area contributed by atoms with Crippen LogP contribution in [0.15, 0.2) is 61.2 Å². The van der Waals surface area contributed by atoms with Gasteiger partial charge in [0.05, 0.1) is 18.0 Å². The summed E-state index contributed by atoms with van der Waals surface area (Å²) in [6.45, 7) is 0.0939. The van der Waals surface area contributed by atoms with Crippen LogP contribution in [0.5, 0.6) is 0 Å². The molecule has 4 heteroatoms. The van der Waals surface area contributed by atoms with Gasteiger partial charge in [-0.05, 0) is 47.4 Å². The largest absolute Gasteiger partial charge is 0.396 e. The first-order chi connectivity index (χ1) is 10.8. The van der Waals surface area contributed by atoms with E-state index in [-0.39, 0.29) is 6.61 Å². The van der Waals surface area contributed by atoms with Gasteiger partial charge in [0.1, 0.15) is 0 Å². The van der Waals surface area contributed by atoms with Crippen LogP contribution in [-0.4, -0.2) is 21.3 Å². The van der Waals surface area contributed by atoms with E-state index in [0.29, 0.717) is 12.0 Å². The maximum atomic E-state index is 9.33. The lowest BCUT2D eigenvalue weighted by Crippen LogP contribution is -1.98. The number of benzene rings is 2. The molecular formula is C18H15N3O. The monoisotopic (exact) mass is 289 g/mol. The van der Waals surface area contributed by atoms with Gasteiger partial charge in [-0.1, -0.05) is 18.2 Å². The van der Waals surface area contributed by atoms with Crippen LogP contribution >= 0.6 is 0 Å². The molecule has 0 aliphatic heterocycles. The summed E-state index contributed by atoms with van der Waals surface area (Å²) in [5, 5.41) is 18.2. The number of nitriles is 1. The second-order valence-corrected chi connectivity index (χ2v) is 4.97. The molecule has 3 rings (SSSR count). The van der Waals surface area contributed by atoms with Crippen molar-refractivity contribution >= 4 is 0 Å². The number of aliphatic hydroxyl groups is 1. The predicted molar refractivity (Wildman–Crippen MR) is 84.5 cm³/mol. The lowest BCUT2D eigenvalue weighted by Gasteiger charge is -2.12. The van der Waals surface area contributed by atoms with Gasteiger partial charge in [0.25, 0.3) is 0 Å². The Morgan fingerprint density at radius 3 is 2.59 bits per heavy atom. The summed E-state index contributed by atoms with van der Waals surface area (Å²) in [4.78, 5) is 4.06. The number of imidazole rings is 1. The van der Waals surface area contributed by atoms with Crippen molar-refractivity contribution in [2.75, 3.05) is 6.61 Å². The molecule has 1 N–H and O–H groups in total. The third-order valence-corrected chi connectivity index (χ3v) is 3.60. The van der Waals surface area contributed by atoms with Crippen molar-refractivity contribution in [2.45, 2.75) is 6.42 Å². The highest BCUT2D eigenvalue weighted by Crippen LogP contribution is 2.27. The number of nitrogens with zero attached hydrogens (tertiary/aromatic N) is 3. The first-order valence-electron chi connectivity index (χ1n) is 7.04. The summed E-state index contributed by atoms with van der Waals surface area (Å²) in [6.07, 6.45) is 5.96. The highest BCUT2D eigenvalue weighted by molar-refractivity contribution is 5.69. The Labute approximate surface area is 128 Å². The molecule has 0 radical (unpaired) electrons. The van der Waals surface area contributed by atoms with Crippen LogP contribution in [-0.2, 0) is 6.42 Å². The van der Waals surface area contributed by atoms with Gasteiger partial charge >= 0.3 is 0 Å². The zero-order chi connectivity index (χ0) is 15.4. The minimum absolute atomic E-state index is 0.0939. The Kier molecular flexibility index (Phi) is 3.99. The second kappa shape index (κ2) is 6.25. The van der Waals surface area contributed by atoms with Crippen molar-refractivity contribution in [3.05, 3.63) is 72.3 Å². The summed E-state index contributed by atoms with van der Waals surface area (Å²) < 4.78 is 1.93. The SMILES string of the molecule is N#Cc1ccc(-c2ccc(-n3ccnc3)cc2CCO)cc1. The van der Waals surface area contributed by atoms with Crippen molar-refractivity contribution in [3.8, 4) is 22.9 Å². The topological polar surface area (TPSA) is 61.8 Å². The number of hydrogen-bond acceptors (Lipinski definition) is 3. The zero-order valence-corrected chi connectivity index (χ0v) is 12.0. The molecule has 0 aliphatic rings. The minimum Gasteiger partial charge on any atom is -0.396 e. The molecule has 0 unspecified atom stereocenters. The Bertz CT molecular complexity index is 799. The van der Waals surface area contributed by atoms with Crippen LogP contribution in [0.2, 0.25) is 0 Å². The Morgan fingerprint density at radius 1 is 1.14 bits per heavy atom. The molecule has 0 fully saturated rings. The average Bonchev–Trinajstić information content (AvgIpc) is 3.10. The van der Waals surface area contributed by atoms with Crippen molar-refractivity contribution in [1.29, 1.82) is 5.26 Å². The van der Waals surface area contributed by atoms with Gasteiger partial charge < -0.3 is 9.67 Å². The highest BCUT2D eigenvalue weighted by Gasteiger charge is 2.07. The zero-order valence-electron chi connectivity index (χ0n) is 12.0. The van der Waals surface area contributed by atoms with Gasteiger partial charge in [-0.25, -0.2) is 4.98 Å². The number of rotatable bonds is 4. The molecule has 108 valence electrons. The van der Waals surface area contributed by atoms with E-state index in [1.165, 1.54) is 0 Å². The molecule has 22 heavy (non-hydrogen) atoms. The normalized spacial score (nSPS) is 10.4. The molecule has 0 bridgehead atoms. The van der Waals surface area contributed by atoms with Gasteiger partial charge in [0.15, 0.2) is 0 Å². The number of aromatic nitrogens is 2. The summed E-state index contributed by atoms with van der Waals surface area (Å²) in [7, 11) is 0. The molecule has 0 saturated heterocycles. The molecule has 0 amide bonds. The van der Waals surface area contributed by atoms with Gasteiger partial charge in [0, 0.05) is 24.7 Å². The van der Waals surface area contributed by atoms with Gasteiger partial charge in [-0.2, -0.15) is 5.26 Å². The molecule has 0 spiro atoms. The van der Waals surface area contributed by atoms with E-state index in [4.69, 9.17) is 5.26 Å². The molecular weight excluding hydrogens is 274 g/mol. The van der Waals surface area contributed by atoms with Crippen molar-refractivity contribution in [3.63, 3.8) is 0 Å². The van der Waals surface area contributed by atoms with Crippen LogP contribution in [0.3, 0.4) is 0 Å². The fourth-order valence-electron chi connectivity index (χ4n) is 2.49. The highest BCUT2D eigenvalue weighted by atomic mass is 16.2. The molecule has 2 aromatic carbocycles. The van der Waals surface area contributed by atoms with E-state index < -0.39 is 0 Å². The maximum absolute atomic E-state index is 9.33. The number of hydrogen-bond donors (Lipinski definition) is 1. The third kappa shape index (κ3) is 2.76. The van der Waals surface area contributed by atoms with Crippen LogP contribution in [0.4, 0.5) is 0 Å². The van der Waals surface area contributed by atoms with Gasteiger partial charge in [-0.15, -0.1) is 0 Å². The van der Waals surface area contributed by atoms with Crippen molar-refractivity contribution < 1.29 is 5.11 Å². The average molecular weight is 289 g/mol. The Balaban J connectivity index is 2.04. The lowest BCUT2D eigenvalue weighted by molar-refractivity contribution is 0.300. The molecule has 0 aliphatic carbocycles. The first-order valence-corrected chi connectivity index (χ1v) is 7.04. The molecule has 4 nitrogen and oxygen atoms in total. The lowest BCUT2D eigenvalue weighted by atomic mass is 9.96. The summed E-state index contributed by atoms with van der Waals surface area (Å²) in [6, 6.07) is 15.7. The molecule has 3 aromatic rings. The Hall–Kier alpha value is -2.90. The van der Waals surface area contributed by atoms with E-state index in [9.17, 15) is 5.11 Å². The van der Waals surface area contributed by atoms with Crippen LogP contribution < -0.4 is 0 Å². The second-order valence-electron chi connectivity index (χ2n) is 4.97. The van der Waals surface area contributed by atoms with Crippen molar-refractivity contribution in [2.24, 2.45) is 0 Å². The molecule has 0 saturated carbocycles. The predicted octanol–water partition coefficient (Wildman–Crippen LogP) is 2.95. The summed E-state index contributed by atoms with van der Waals surface area (Å²) >= 11 is 0. The fourth-order valence-corrected chi connectivity index (χ4v) is 2.49. The van der Waals surface area contributed by atoms with Crippen molar-refractivity contribution in [1.82, 2.24) is 9.55 Å².